The van der Waals surface area contributed by atoms with Crippen molar-refractivity contribution in [2.24, 2.45) is 0 Å². The third-order valence-electron chi connectivity index (χ3n) is 4.21. The van der Waals surface area contributed by atoms with Gasteiger partial charge in [0.15, 0.2) is 0 Å². The summed E-state index contributed by atoms with van der Waals surface area (Å²) in [5.74, 6) is -0.772. The summed E-state index contributed by atoms with van der Waals surface area (Å²) < 4.78 is 5.93. The summed E-state index contributed by atoms with van der Waals surface area (Å²) in [5.41, 5.74) is 2.24. The van der Waals surface area contributed by atoms with E-state index in [0.717, 1.165) is 11.1 Å². The van der Waals surface area contributed by atoms with Gasteiger partial charge in [-0.2, -0.15) is 0 Å². The first-order chi connectivity index (χ1) is 11.2. The third kappa shape index (κ3) is 4.18. The van der Waals surface area contributed by atoms with E-state index in [1.807, 2.05) is 65.6 Å². The minimum Gasteiger partial charge on any atom is -0.480 e. The first-order valence-corrected chi connectivity index (χ1v) is 7.88. The first-order valence-electron chi connectivity index (χ1n) is 7.88. The number of carbonyl (C=O) groups is 1. The van der Waals surface area contributed by atoms with Crippen molar-refractivity contribution in [3.8, 4) is 0 Å². The summed E-state index contributed by atoms with van der Waals surface area (Å²) in [4.78, 5) is 13.5. The summed E-state index contributed by atoms with van der Waals surface area (Å²) in [6.45, 7) is 1.82. The smallest absolute Gasteiger partial charge is 0.321 e. The molecule has 23 heavy (non-hydrogen) atoms. The molecule has 2 atom stereocenters. The quantitative estimate of drug-likeness (QED) is 0.891. The maximum absolute atomic E-state index is 11.5. The highest BCUT2D eigenvalue weighted by atomic mass is 16.5. The number of hydrogen-bond donors (Lipinski definition) is 1. The molecule has 0 aromatic heterocycles. The normalized spacial score (nSPS) is 21.4. The van der Waals surface area contributed by atoms with Crippen molar-refractivity contribution >= 4 is 5.97 Å². The minimum atomic E-state index is -0.772. The van der Waals surface area contributed by atoms with Crippen LogP contribution in [0.25, 0.3) is 0 Å². The van der Waals surface area contributed by atoms with Gasteiger partial charge in [0.1, 0.15) is 6.04 Å². The van der Waals surface area contributed by atoms with Crippen LogP contribution in [-0.2, 0) is 22.7 Å². The van der Waals surface area contributed by atoms with Crippen LogP contribution in [0.1, 0.15) is 17.5 Å². The summed E-state index contributed by atoms with van der Waals surface area (Å²) in [6.07, 6.45) is 0.495. The zero-order chi connectivity index (χ0) is 16.1. The summed E-state index contributed by atoms with van der Waals surface area (Å²) in [5, 5.41) is 9.47. The molecule has 120 valence electrons. The molecule has 2 aromatic carbocycles. The number of ether oxygens (including phenoxy) is 1. The molecule has 0 unspecified atom stereocenters. The van der Waals surface area contributed by atoms with Gasteiger partial charge in [-0.3, -0.25) is 9.69 Å². The second kappa shape index (κ2) is 7.40. The average molecular weight is 311 g/mol. The number of carboxylic acid groups (broad SMARTS) is 1. The Hall–Kier alpha value is -2.17. The van der Waals surface area contributed by atoms with E-state index < -0.39 is 12.0 Å². The van der Waals surface area contributed by atoms with Crippen molar-refractivity contribution in [1.29, 1.82) is 0 Å². The molecule has 1 aliphatic heterocycles. The molecular formula is C19H21NO3. The Morgan fingerprint density at radius 1 is 1.04 bits per heavy atom. The molecular weight excluding hydrogens is 290 g/mol. The van der Waals surface area contributed by atoms with Crippen LogP contribution >= 0.6 is 0 Å². The molecule has 0 radical (unpaired) electrons. The molecule has 2 aromatic rings. The Morgan fingerprint density at radius 3 is 2.26 bits per heavy atom. The van der Waals surface area contributed by atoms with Gasteiger partial charge in [-0.05, 0) is 11.1 Å². The number of carboxylic acids is 1. The second-order valence-corrected chi connectivity index (χ2v) is 5.92. The van der Waals surface area contributed by atoms with Crippen LogP contribution < -0.4 is 0 Å². The van der Waals surface area contributed by atoms with Crippen LogP contribution in [0, 0.1) is 0 Å². The molecule has 0 amide bonds. The van der Waals surface area contributed by atoms with Crippen molar-refractivity contribution < 1.29 is 14.6 Å². The summed E-state index contributed by atoms with van der Waals surface area (Å²) in [7, 11) is 0. The van der Waals surface area contributed by atoms with Gasteiger partial charge in [0.05, 0.1) is 12.7 Å². The lowest BCUT2D eigenvalue weighted by Gasteiger charge is -2.20. The van der Waals surface area contributed by atoms with E-state index in [1.165, 1.54) is 0 Å². The van der Waals surface area contributed by atoms with Crippen molar-refractivity contribution in [1.82, 2.24) is 4.90 Å². The van der Waals surface area contributed by atoms with Crippen molar-refractivity contribution in [2.75, 3.05) is 6.54 Å². The van der Waals surface area contributed by atoms with Crippen LogP contribution in [0.3, 0.4) is 0 Å². The topological polar surface area (TPSA) is 49.8 Å². The second-order valence-electron chi connectivity index (χ2n) is 5.92. The fourth-order valence-corrected chi connectivity index (χ4v) is 3.02. The Morgan fingerprint density at radius 2 is 1.65 bits per heavy atom. The van der Waals surface area contributed by atoms with Gasteiger partial charge in [0, 0.05) is 19.5 Å². The molecule has 1 aliphatic rings. The molecule has 0 bridgehead atoms. The third-order valence-corrected chi connectivity index (χ3v) is 4.21. The van der Waals surface area contributed by atoms with E-state index in [-0.39, 0.29) is 6.10 Å². The number of hydrogen-bond acceptors (Lipinski definition) is 3. The predicted octanol–water partition coefficient (Wildman–Crippen LogP) is 2.93. The van der Waals surface area contributed by atoms with Crippen molar-refractivity contribution in [2.45, 2.75) is 31.7 Å². The zero-order valence-electron chi connectivity index (χ0n) is 13.0. The number of aliphatic carboxylic acids is 1. The maximum atomic E-state index is 11.5. The molecule has 1 heterocycles. The van der Waals surface area contributed by atoms with E-state index >= 15 is 0 Å². The van der Waals surface area contributed by atoms with Gasteiger partial charge in [-0.15, -0.1) is 0 Å². The number of rotatable bonds is 6. The average Bonchev–Trinajstić information content (AvgIpc) is 2.98. The van der Waals surface area contributed by atoms with Crippen LogP contribution in [0.15, 0.2) is 60.7 Å². The Kier molecular flexibility index (Phi) is 5.05. The molecule has 1 fully saturated rings. The highest BCUT2D eigenvalue weighted by molar-refractivity contribution is 5.74. The summed E-state index contributed by atoms with van der Waals surface area (Å²) in [6, 6.07) is 19.5. The molecule has 0 saturated carbocycles. The molecule has 1 N–H and O–H groups in total. The summed E-state index contributed by atoms with van der Waals surface area (Å²) >= 11 is 0. The van der Waals surface area contributed by atoms with E-state index in [9.17, 15) is 9.90 Å². The molecule has 3 rings (SSSR count). The van der Waals surface area contributed by atoms with Gasteiger partial charge in [0.2, 0.25) is 0 Å². The fourth-order valence-electron chi connectivity index (χ4n) is 3.02. The molecule has 0 spiro atoms. The zero-order valence-corrected chi connectivity index (χ0v) is 13.0. The van der Waals surface area contributed by atoms with Gasteiger partial charge in [-0.1, -0.05) is 60.7 Å². The van der Waals surface area contributed by atoms with Crippen LogP contribution in [0.2, 0.25) is 0 Å². The lowest BCUT2D eigenvalue weighted by atomic mass is 10.1. The molecule has 0 aliphatic carbocycles. The minimum absolute atomic E-state index is 0.0416. The van der Waals surface area contributed by atoms with Gasteiger partial charge >= 0.3 is 5.97 Å². The van der Waals surface area contributed by atoms with Crippen molar-refractivity contribution in [3.63, 3.8) is 0 Å². The van der Waals surface area contributed by atoms with Gasteiger partial charge in [-0.25, -0.2) is 0 Å². The highest BCUT2D eigenvalue weighted by Crippen LogP contribution is 2.23. The van der Waals surface area contributed by atoms with Gasteiger partial charge < -0.3 is 9.84 Å². The lowest BCUT2D eigenvalue weighted by Crippen LogP contribution is -2.35. The highest BCUT2D eigenvalue weighted by Gasteiger charge is 2.37. The first kappa shape index (κ1) is 15.7. The van der Waals surface area contributed by atoms with Crippen molar-refractivity contribution in [3.05, 3.63) is 71.8 Å². The van der Waals surface area contributed by atoms with Crippen LogP contribution in [0.5, 0.6) is 0 Å². The number of nitrogens with zero attached hydrogens (tertiary/aromatic N) is 1. The standard InChI is InChI=1S/C19H21NO3/c21-19(22)18-11-17(23-14-16-9-5-2-6-10-16)13-20(18)12-15-7-3-1-4-8-15/h1-10,17-18H,11-14H2,(H,21,22)/t17-,18+/m1/s1. The van der Waals surface area contributed by atoms with E-state index in [0.29, 0.717) is 26.1 Å². The maximum Gasteiger partial charge on any atom is 0.321 e. The van der Waals surface area contributed by atoms with Crippen LogP contribution in [-0.4, -0.2) is 34.7 Å². The van der Waals surface area contributed by atoms with Crippen LogP contribution in [0.4, 0.5) is 0 Å². The molecule has 1 saturated heterocycles. The van der Waals surface area contributed by atoms with E-state index in [2.05, 4.69) is 0 Å². The SMILES string of the molecule is O=C(O)[C@@H]1C[C@@H](OCc2ccccc2)CN1Cc1ccccc1. The van der Waals surface area contributed by atoms with E-state index in [1.54, 1.807) is 0 Å². The van der Waals surface area contributed by atoms with E-state index in [4.69, 9.17) is 4.74 Å². The Labute approximate surface area is 136 Å². The van der Waals surface area contributed by atoms with Gasteiger partial charge in [0.25, 0.3) is 0 Å². The molecule has 4 heteroatoms. The molecule has 4 nitrogen and oxygen atoms in total. The Bertz CT molecular complexity index is 630. The lowest BCUT2D eigenvalue weighted by molar-refractivity contribution is -0.142. The fraction of sp³-hybridized carbons (Fsp3) is 0.316. The number of benzene rings is 2. The largest absolute Gasteiger partial charge is 0.480 e. The predicted molar refractivity (Wildman–Crippen MR) is 87.9 cm³/mol. The Balaban J connectivity index is 1.60. The number of likely N-dealkylation sites (tertiary alicyclic amines) is 1. The monoisotopic (exact) mass is 311 g/mol.